The van der Waals surface area contributed by atoms with Crippen LogP contribution in [-0.2, 0) is 6.42 Å². The van der Waals surface area contributed by atoms with E-state index in [0.29, 0.717) is 10.2 Å². The van der Waals surface area contributed by atoms with Crippen LogP contribution in [0.4, 0.5) is 0 Å². The standard InChI is InChI=1S/C11H13BrN2S/c1-8(12)11(2-3-11)6-9-7-14-4-5-15-10(14)13-9/h4-5,7-8H,2-3,6H2,1H3. The van der Waals surface area contributed by atoms with Gasteiger partial charge < -0.3 is 0 Å². The van der Waals surface area contributed by atoms with Crippen LogP contribution in [0.15, 0.2) is 17.8 Å². The van der Waals surface area contributed by atoms with E-state index < -0.39 is 0 Å². The van der Waals surface area contributed by atoms with Gasteiger partial charge >= 0.3 is 0 Å². The number of imidazole rings is 1. The number of hydrogen-bond donors (Lipinski definition) is 0. The molecule has 0 saturated heterocycles. The molecular formula is C11H13BrN2S. The van der Waals surface area contributed by atoms with E-state index in [4.69, 9.17) is 0 Å². The lowest BCUT2D eigenvalue weighted by molar-refractivity contribution is 0.503. The molecule has 0 radical (unpaired) electrons. The van der Waals surface area contributed by atoms with Gasteiger partial charge in [-0.25, -0.2) is 4.98 Å². The Morgan fingerprint density at radius 3 is 3.07 bits per heavy atom. The summed E-state index contributed by atoms with van der Waals surface area (Å²) >= 11 is 5.42. The van der Waals surface area contributed by atoms with Crippen LogP contribution < -0.4 is 0 Å². The van der Waals surface area contributed by atoms with Crippen LogP contribution in [0.1, 0.15) is 25.5 Å². The Morgan fingerprint density at radius 2 is 2.47 bits per heavy atom. The van der Waals surface area contributed by atoms with Crippen molar-refractivity contribution in [1.29, 1.82) is 0 Å². The van der Waals surface area contributed by atoms with Gasteiger partial charge in [-0.2, -0.15) is 0 Å². The fourth-order valence-electron chi connectivity index (χ4n) is 2.10. The van der Waals surface area contributed by atoms with Crippen LogP contribution in [0.5, 0.6) is 0 Å². The molecule has 0 amide bonds. The molecule has 1 aliphatic carbocycles. The van der Waals surface area contributed by atoms with E-state index in [-0.39, 0.29) is 0 Å². The zero-order valence-electron chi connectivity index (χ0n) is 8.61. The lowest BCUT2D eigenvalue weighted by atomic mass is 9.97. The van der Waals surface area contributed by atoms with Crippen LogP contribution >= 0.6 is 27.3 Å². The van der Waals surface area contributed by atoms with Crippen LogP contribution in [0.3, 0.4) is 0 Å². The van der Waals surface area contributed by atoms with E-state index in [1.54, 1.807) is 11.3 Å². The van der Waals surface area contributed by atoms with Gasteiger partial charge in [0.15, 0.2) is 4.96 Å². The highest BCUT2D eigenvalue weighted by Crippen LogP contribution is 2.53. The lowest BCUT2D eigenvalue weighted by Crippen LogP contribution is -2.15. The third-order valence-corrected chi connectivity index (χ3v) is 5.15. The molecule has 1 fully saturated rings. The number of alkyl halides is 1. The van der Waals surface area contributed by atoms with Crippen LogP contribution in [0.25, 0.3) is 4.96 Å². The number of thiazole rings is 1. The van der Waals surface area contributed by atoms with Gasteiger partial charge in [-0.3, -0.25) is 4.40 Å². The molecule has 0 bridgehead atoms. The molecule has 1 aliphatic rings. The van der Waals surface area contributed by atoms with Crippen molar-refractivity contribution in [3.8, 4) is 0 Å². The average Bonchev–Trinajstić information content (AvgIpc) is 2.64. The van der Waals surface area contributed by atoms with Crippen molar-refractivity contribution in [2.45, 2.75) is 31.0 Å². The van der Waals surface area contributed by atoms with E-state index in [1.165, 1.54) is 18.5 Å². The van der Waals surface area contributed by atoms with Crippen molar-refractivity contribution in [3.05, 3.63) is 23.5 Å². The molecule has 0 N–H and O–H groups in total. The Kier molecular flexibility index (Phi) is 2.18. The number of aromatic nitrogens is 2. The number of hydrogen-bond acceptors (Lipinski definition) is 2. The predicted molar refractivity (Wildman–Crippen MR) is 66.8 cm³/mol. The summed E-state index contributed by atoms with van der Waals surface area (Å²) in [5, 5.41) is 2.08. The zero-order chi connectivity index (χ0) is 10.5. The minimum atomic E-state index is 0.490. The SMILES string of the molecule is CC(Br)C1(Cc2cn3ccsc3n2)CC1. The summed E-state index contributed by atoms with van der Waals surface area (Å²) in [6.45, 7) is 2.26. The first kappa shape index (κ1) is 9.85. The van der Waals surface area contributed by atoms with Gasteiger partial charge in [0.2, 0.25) is 0 Å². The highest BCUT2D eigenvalue weighted by molar-refractivity contribution is 9.09. The Bertz CT molecular complexity index is 453. The van der Waals surface area contributed by atoms with Gasteiger partial charge in [-0.05, 0) is 24.7 Å². The second-order valence-corrected chi connectivity index (χ2v) is 6.73. The summed E-state index contributed by atoms with van der Waals surface area (Å²) in [6, 6.07) is 0. The number of fused-ring (bicyclic) bond motifs is 1. The van der Waals surface area contributed by atoms with Gasteiger partial charge in [-0.1, -0.05) is 22.9 Å². The minimum Gasteiger partial charge on any atom is -0.297 e. The Hall–Kier alpha value is -0.350. The van der Waals surface area contributed by atoms with E-state index in [2.05, 4.69) is 50.0 Å². The molecule has 1 saturated carbocycles. The van der Waals surface area contributed by atoms with Gasteiger partial charge in [0, 0.05) is 22.6 Å². The highest BCUT2D eigenvalue weighted by Gasteiger charge is 2.46. The number of halogens is 1. The fourth-order valence-corrected chi connectivity index (χ4v) is 3.44. The third-order valence-electron chi connectivity index (χ3n) is 3.41. The van der Waals surface area contributed by atoms with Crippen LogP contribution in [-0.4, -0.2) is 14.2 Å². The molecule has 3 rings (SSSR count). The molecular weight excluding hydrogens is 272 g/mol. The molecule has 2 aromatic heterocycles. The lowest BCUT2D eigenvalue weighted by Gasteiger charge is -2.16. The van der Waals surface area contributed by atoms with Crippen LogP contribution in [0, 0.1) is 5.41 Å². The van der Waals surface area contributed by atoms with Crippen molar-refractivity contribution < 1.29 is 0 Å². The molecule has 0 aliphatic heterocycles. The largest absolute Gasteiger partial charge is 0.297 e. The minimum absolute atomic E-state index is 0.490. The first-order valence-electron chi connectivity index (χ1n) is 5.25. The van der Waals surface area contributed by atoms with Gasteiger partial charge in [-0.15, -0.1) is 11.3 Å². The molecule has 2 heterocycles. The zero-order valence-corrected chi connectivity index (χ0v) is 11.0. The Labute approximate surface area is 101 Å². The maximum Gasteiger partial charge on any atom is 0.193 e. The van der Waals surface area contributed by atoms with Crippen LogP contribution in [0.2, 0.25) is 0 Å². The molecule has 1 atom stereocenters. The second kappa shape index (κ2) is 3.32. The summed E-state index contributed by atoms with van der Waals surface area (Å²) in [4.78, 5) is 6.36. The molecule has 4 heteroatoms. The molecule has 15 heavy (non-hydrogen) atoms. The molecule has 80 valence electrons. The summed E-state index contributed by atoms with van der Waals surface area (Å²) in [7, 11) is 0. The highest BCUT2D eigenvalue weighted by atomic mass is 79.9. The quantitative estimate of drug-likeness (QED) is 0.789. The first-order chi connectivity index (χ1) is 7.20. The molecule has 2 aromatic rings. The summed E-state index contributed by atoms with van der Waals surface area (Å²) in [6.07, 6.45) is 8.04. The molecule has 2 nitrogen and oxygen atoms in total. The van der Waals surface area contributed by atoms with E-state index in [1.807, 2.05) is 0 Å². The van der Waals surface area contributed by atoms with E-state index in [0.717, 1.165) is 11.4 Å². The predicted octanol–water partition coefficient (Wildman–Crippen LogP) is 3.50. The van der Waals surface area contributed by atoms with Crippen molar-refractivity contribution in [2.75, 3.05) is 0 Å². The summed E-state index contributed by atoms with van der Waals surface area (Å²) in [5.41, 5.74) is 1.73. The maximum atomic E-state index is 4.64. The molecule has 0 aromatic carbocycles. The topological polar surface area (TPSA) is 17.3 Å². The van der Waals surface area contributed by atoms with E-state index in [9.17, 15) is 0 Å². The second-order valence-electron chi connectivity index (χ2n) is 4.48. The van der Waals surface area contributed by atoms with Crippen molar-refractivity contribution in [1.82, 2.24) is 9.38 Å². The maximum absolute atomic E-state index is 4.64. The smallest absolute Gasteiger partial charge is 0.193 e. The van der Waals surface area contributed by atoms with Crippen molar-refractivity contribution in [2.24, 2.45) is 5.41 Å². The molecule has 0 spiro atoms. The first-order valence-corrected chi connectivity index (χ1v) is 7.04. The van der Waals surface area contributed by atoms with Gasteiger partial charge in [0.05, 0.1) is 5.69 Å². The van der Waals surface area contributed by atoms with Gasteiger partial charge in [0.1, 0.15) is 0 Å². The fraction of sp³-hybridized carbons (Fsp3) is 0.545. The average molecular weight is 285 g/mol. The Morgan fingerprint density at radius 1 is 1.67 bits per heavy atom. The summed E-state index contributed by atoms with van der Waals surface area (Å²) in [5.74, 6) is 0. The van der Waals surface area contributed by atoms with Crippen molar-refractivity contribution in [3.63, 3.8) is 0 Å². The molecule has 1 unspecified atom stereocenters. The van der Waals surface area contributed by atoms with E-state index >= 15 is 0 Å². The monoisotopic (exact) mass is 284 g/mol. The third kappa shape index (κ3) is 1.64. The Balaban J connectivity index is 1.86. The van der Waals surface area contributed by atoms with Crippen molar-refractivity contribution >= 4 is 32.2 Å². The number of rotatable bonds is 3. The number of nitrogens with zero attached hydrogens (tertiary/aromatic N) is 2. The summed E-state index contributed by atoms with van der Waals surface area (Å²) < 4.78 is 2.12. The van der Waals surface area contributed by atoms with Gasteiger partial charge in [0.25, 0.3) is 0 Å². The normalized spacial score (nSPS) is 20.7.